The van der Waals surface area contributed by atoms with Crippen molar-refractivity contribution in [3.63, 3.8) is 0 Å². The Balaban J connectivity index is 1.85. The molecule has 2 heterocycles. The molecule has 0 aromatic heterocycles. The normalized spacial score (nSPS) is 22.7. The summed E-state index contributed by atoms with van der Waals surface area (Å²) in [6.07, 6.45) is -0.313. The van der Waals surface area contributed by atoms with Gasteiger partial charge in [-0.25, -0.2) is 0 Å². The van der Waals surface area contributed by atoms with E-state index in [1.807, 2.05) is 97.9 Å². The van der Waals surface area contributed by atoms with Crippen LogP contribution in [0.3, 0.4) is 0 Å². The molecule has 5 rings (SSSR count). The maximum Gasteiger partial charge on any atom is 0.300 e. The van der Waals surface area contributed by atoms with Gasteiger partial charge < -0.3 is 9.47 Å². The number of carbonyl (C=O) groups excluding carboxylic acids is 2. The zero-order valence-electron chi connectivity index (χ0n) is 17.7. The van der Waals surface area contributed by atoms with Crippen molar-refractivity contribution in [1.82, 2.24) is 0 Å². The van der Waals surface area contributed by atoms with Gasteiger partial charge in [0.1, 0.15) is 11.3 Å². The van der Waals surface area contributed by atoms with Crippen molar-refractivity contribution >= 4 is 23.1 Å². The molecule has 1 saturated heterocycles. The Labute approximate surface area is 186 Å². The Morgan fingerprint density at radius 1 is 0.906 bits per heavy atom. The van der Waals surface area contributed by atoms with Gasteiger partial charge in [0.15, 0.2) is 0 Å². The number of amides is 1. The van der Waals surface area contributed by atoms with Crippen LogP contribution in [0.1, 0.15) is 24.5 Å². The van der Waals surface area contributed by atoms with Crippen LogP contribution in [-0.4, -0.2) is 24.6 Å². The fourth-order valence-electron chi connectivity index (χ4n) is 4.74. The number of ether oxygens (including phenoxy) is 2. The Morgan fingerprint density at radius 3 is 2.12 bits per heavy atom. The molecule has 0 spiro atoms. The molecule has 0 radical (unpaired) electrons. The number of fused-ring (bicyclic) bond motifs is 1. The molecule has 1 fully saturated rings. The van der Waals surface area contributed by atoms with E-state index >= 15 is 0 Å². The van der Waals surface area contributed by atoms with Crippen LogP contribution >= 0.6 is 0 Å². The number of anilines is 1. The van der Waals surface area contributed by atoms with Crippen LogP contribution in [0.5, 0.6) is 0 Å². The van der Waals surface area contributed by atoms with E-state index in [0.717, 1.165) is 11.1 Å². The minimum absolute atomic E-state index is 0.308. The van der Waals surface area contributed by atoms with Crippen LogP contribution < -0.4 is 4.90 Å². The van der Waals surface area contributed by atoms with Crippen molar-refractivity contribution in [2.45, 2.75) is 25.2 Å². The lowest BCUT2D eigenvalue weighted by molar-refractivity contribution is -0.132. The third-order valence-corrected chi connectivity index (χ3v) is 6.01. The third-order valence-electron chi connectivity index (χ3n) is 6.01. The van der Waals surface area contributed by atoms with Gasteiger partial charge in [0.05, 0.1) is 5.57 Å². The minimum atomic E-state index is -1.04. The van der Waals surface area contributed by atoms with Crippen LogP contribution in [-0.2, 0) is 24.6 Å². The molecular weight excluding hydrogens is 402 g/mol. The highest BCUT2D eigenvalue weighted by molar-refractivity contribution is 6.52. The summed E-state index contributed by atoms with van der Waals surface area (Å²) in [7, 11) is 0. The van der Waals surface area contributed by atoms with Crippen LogP contribution in [0.25, 0.3) is 5.76 Å². The van der Waals surface area contributed by atoms with Crippen molar-refractivity contribution in [2.24, 2.45) is 0 Å². The van der Waals surface area contributed by atoms with E-state index in [9.17, 15) is 9.59 Å². The van der Waals surface area contributed by atoms with Gasteiger partial charge >= 0.3 is 0 Å². The number of Topliss-reactive ketones (excluding diaryl/α,β-unsaturated/α-hetero) is 1. The smallest absolute Gasteiger partial charge is 0.300 e. The van der Waals surface area contributed by atoms with E-state index in [1.165, 1.54) is 0 Å². The van der Waals surface area contributed by atoms with Crippen LogP contribution in [0, 0.1) is 0 Å². The number of carbonyl (C=O) groups is 2. The Morgan fingerprint density at radius 2 is 1.50 bits per heavy atom. The van der Waals surface area contributed by atoms with Crippen LogP contribution in [0.4, 0.5) is 5.69 Å². The number of nitrogens with zero attached hydrogens (tertiary/aromatic N) is 1. The molecule has 0 aliphatic carbocycles. The monoisotopic (exact) mass is 425 g/mol. The molecule has 3 aromatic rings. The summed E-state index contributed by atoms with van der Waals surface area (Å²) in [5.74, 6) is -0.716. The summed E-state index contributed by atoms with van der Waals surface area (Å²) in [6, 6.07) is 28.5. The second-order valence-electron chi connectivity index (χ2n) is 7.81. The van der Waals surface area contributed by atoms with E-state index in [2.05, 4.69) is 0 Å². The highest BCUT2D eigenvalue weighted by Crippen LogP contribution is 2.53. The lowest BCUT2D eigenvalue weighted by atomic mass is 9.76. The third kappa shape index (κ3) is 3.05. The van der Waals surface area contributed by atoms with Gasteiger partial charge in [0.2, 0.25) is 6.29 Å². The minimum Gasteiger partial charge on any atom is -0.464 e. The van der Waals surface area contributed by atoms with Gasteiger partial charge in [-0.1, -0.05) is 78.9 Å². The summed E-state index contributed by atoms with van der Waals surface area (Å²) in [6.45, 7) is 2.35. The number of para-hydroxylation sites is 1. The van der Waals surface area contributed by atoms with Gasteiger partial charge in [0.25, 0.3) is 11.7 Å². The molecule has 160 valence electrons. The summed E-state index contributed by atoms with van der Waals surface area (Å²) in [5.41, 5.74) is 1.57. The topological polar surface area (TPSA) is 55.8 Å². The van der Waals surface area contributed by atoms with Gasteiger partial charge in [-0.05, 0) is 24.6 Å². The van der Waals surface area contributed by atoms with Crippen molar-refractivity contribution < 1.29 is 19.1 Å². The quantitative estimate of drug-likeness (QED) is 0.557. The van der Waals surface area contributed by atoms with E-state index in [0.29, 0.717) is 30.0 Å². The summed E-state index contributed by atoms with van der Waals surface area (Å²) in [5, 5.41) is 0. The van der Waals surface area contributed by atoms with Crippen molar-refractivity contribution in [2.75, 3.05) is 11.5 Å². The van der Waals surface area contributed by atoms with Gasteiger partial charge in [0, 0.05) is 24.3 Å². The van der Waals surface area contributed by atoms with Gasteiger partial charge in [-0.2, -0.15) is 0 Å². The summed E-state index contributed by atoms with van der Waals surface area (Å²) < 4.78 is 12.2. The molecule has 2 aliphatic heterocycles. The highest BCUT2D eigenvalue weighted by atomic mass is 16.7. The maximum atomic E-state index is 13.6. The molecule has 3 aromatic carbocycles. The second-order valence-corrected chi connectivity index (χ2v) is 7.81. The Kier molecular flexibility index (Phi) is 5.11. The standard InChI is InChI=1S/C27H23NO4/c1-2-31-22-18-27(20-14-8-4-9-15-20)23(25(32-22)19-12-6-3-7-13-19)24(29)26(30)28(27)21-16-10-5-11-17-21/h3-17,22H,2,18H2,1H3. The predicted octanol–water partition coefficient (Wildman–Crippen LogP) is 4.69. The summed E-state index contributed by atoms with van der Waals surface area (Å²) >= 11 is 0. The van der Waals surface area contributed by atoms with E-state index in [1.54, 1.807) is 4.90 Å². The van der Waals surface area contributed by atoms with E-state index in [-0.39, 0.29) is 0 Å². The number of hydrogen-bond acceptors (Lipinski definition) is 4. The van der Waals surface area contributed by atoms with Crippen molar-refractivity contribution in [3.05, 3.63) is 108 Å². The van der Waals surface area contributed by atoms with Crippen LogP contribution in [0.15, 0.2) is 96.6 Å². The molecular formula is C27H23NO4. The number of hydrogen-bond donors (Lipinski definition) is 0. The molecule has 2 unspecified atom stereocenters. The van der Waals surface area contributed by atoms with Crippen LogP contribution in [0.2, 0.25) is 0 Å². The molecule has 0 N–H and O–H groups in total. The van der Waals surface area contributed by atoms with Crippen molar-refractivity contribution in [3.8, 4) is 0 Å². The Bertz CT molecular complexity index is 1170. The lowest BCUT2D eigenvalue weighted by Crippen LogP contribution is -2.49. The fourth-order valence-corrected chi connectivity index (χ4v) is 4.74. The van der Waals surface area contributed by atoms with Crippen molar-refractivity contribution in [1.29, 1.82) is 0 Å². The molecule has 1 amide bonds. The molecule has 5 nitrogen and oxygen atoms in total. The predicted molar refractivity (Wildman–Crippen MR) is 122 cm³/mol. The molecule has 32 heavy (non-hydrogen) atoms. The Hall–Kier alpha value is -3.70. The zero-order chi connectivity index (χ0) is 22.1. The first kappa shape index (κ1) is 20.2. The first-order valence-electron chi connectivity index (χ1n) is 10.7. The molecule has 0 saturated carbocycles. The maximum absolute atomic E-state index is 13.6. The lowest BCUT2D eigenvalue weighted by Gasteiger charge is -2.44. The average Bonchev–Trinajstić information content (AvgIpc) is 3.08. The number of benzene rings is 3. The zero-order valence-corrected chi connectivity index (χ0v) is 17.7. The molecule has 2 aliphatic rings. The van der Waals surface area contributed by atoms with E-state index < -0.39 is 23.5 Å². The number of rotatable bonds is 5. The average molecular weight is 425 g/mol. The largest absolute Gasteiger partial charge is 0.464 e. The first-order chi connectivity index (χ1) is 15.7. The van der Waals surface area contributed by atoms with Gasteiger partial charge in [-0.3, -0.25) is 14.5 Å². The first-order valence-corrected chi connectivity index (χ1v) is 10.7. The fraction of sp³-hybridized carbons (Fsp3) is 0.185. The van der Waals surface area contributed by atoms with E-state index in [4.69, 9.17) is 9.47 Å². The highest BCUT2D eigenvalue weighted by Gasteiger charge is 2.61. The summed E-state index contributed by atoms with van der Waals surface area (Å²) in [4.78, 5) is 28.7. The number of ketones is 1. The van der Waals surface area contributed by atoms with Gasteiger partial charge in [-0.15, -0.1) is 0 Å². The SMILES string of the molecule is CCOC1CC2(c3ccccc3)C(=C(c3ccccc3)O1)C(=O)C(=O)N2c1ccccc1. The molecule has 0 bridgehead atoms. The second kappa shape index (κ2) is 8.09. The molecule has 5 heteroatoms. The molecule has 2 atom stereocenters.